The third kappa shape index (κ3) is 2.87. The van der Waals surface area contributed by atoms with Gasteiger partial charge < -0.3 is 10.2 Å². The summed E-state index contributed by atoms with van der Waals surface area (Å²) in [6, 6.07) is 7.74. The Morgan fingerprint density at radius 2 is 2.09 bits per heavy atom. The van der Waals surface area contributed by atoms with E-state index >= 15 is 0 Å². The second kappa shape index (κ2) is 5.99. The Morgan fingerprint density at radius 1 is 1.17 bits per heavy atom. The van der Waals surface area contributed by atoms with Gasteiger partial charge in [-0.25, -0.2) is 0 Å². The van der Waals surface area contributed by atoms with Crippen molar-refractivity contribution in [2.45, 2.75) is 44.9 Å². The molecular formula is C19H24N2O2. The van der Waals surface area contributed by atoms with Crippen molar-refractivity contribution in [3.05, 3.63) is 24.3 Å². The molecule has 3 aliphatic rings. The van der Waals surface area contributed by atoms with Gasteiger partial charge in [-0.3, -0.25) is 9.59 Å². The first kappa shape index (κ1) is 14.7. The Bertz CT molecular complexity index is 628. The standard InChI is InChI=1S/C19H24N2O2/c22-18-6-1-2-9-21(18)16-5-3-4-15(12-16)20-19(23)17-11-13-7-8-14(17)10-13/h3-5,12-14,17H,1-2,6-11H2,(H,20,23)/t13-,14-,17-/m0/s1. The number of hydrogen-bond acceptors (Lipinski definition) is 2. The molecule has 1 heterocycles. The largest absolute Gasteiger partial charge is 0.326 e. The van der Waals surface area contributed by atoms with E-state index in [2.05, 4.69) is 5.32 Å². The molecule has 2 aliphatic carbocycles. The Morgan fingerprint density at radius 3 is 2.83 bits per heavy atom. The summed E-state index contributed by atoms with van der Waals surface area (Å²) in [6.07, 6.45) is 7.47. The Balaban J connectivity index is 1.46. The van der Waals surface area contributed by atoms with Gasteiger partial charge in [0, 0.05) is 30.3 Å². The zero-order valence-electron chi connectivity index (χ0n) is 13.5. The summed E-state index contributed by atoms with van der Waals surface area (Å²) in [5.74, 6) is 1.90. The maximum absolute atomic E-state index is 12.6. The summed E-state index contributed by atoms with van der Waals surface area (Å²) in [5.41, 5.74) is 1.72. The van der Waals surface area contributed by atoms with Gasteiger partial charge in [-0.1, -0.05) is 12.5 Å². The highest BCUT2D eigenvalue weighted by Crippen LogP contribution is 2.48. The minimum absolute atomic E-state index is 0.166. The van der Waals surface area contributed by atoms with Gasteiger partial charge in [0.05, 0.1) is 0 Å². The lowest BCUT2D eigenvalue weighted by molar-refractivity contribution is -0.121. The Labute approximate surface area is 137 Å². The monoisotopic (exact) mass is 312 g/mol. The van der Waals surface area contributed by atoms with Gasteiger partial charge in [-0.05, 0) is 62.1 Å². The molecule has 2 bridgehead atoms. The van der Waals surface area contributed by atoms with Gasteiger partial charge in [-0.2, -0.15) is 0 Å². The Hall–Kier alpha value is -1.84. The van der Waals surface area contributed by atoms with E-state index in [1.807, 2.05) is 29.2 Å². The van der Waals surface area contributed by atoms with Crippen LogP contribution in [0.1, 0.15) is 44.9 Å². The van der Waals surface area contributed by atoms with Gasteiger partial charge in [0.25, 0.3) is 0 Å². The fourth-order valence-electron chi connectivity index (χ4n) is 4.63. The molecule has 3 fully saturated rings. The molecule has 0 unspecified atom stereocenters. The van der Waals surface area contributed by atoms with E-state index in [1.54, 1.807) is 0 Å². The van der Waals surface area contributed by atoms with Crippen LogP contribution in [0, 0.1) is 17.8 Å². The van der Waals surface area contributed by atoms with Crippen LogP contribution in [0.5, 0.6) is 0 Å². The molecule has 0 aromatic heterocycles. The average molecular weight is 312 g/mol. The van der Waals surface area contributed by atoms with Crippen molar-refractivity contribution in [2.75, 3.05) is 16.8 Å². The lowest BCUT2D eigenvalue weighted by Gasteiger charge is -2.27. The van der Waals surface area contributed by atoms with Crippen molar-refractivity contribution in [2.24, 2.45) is 17.8 Å². The number of hydrogen-bond donors (Lipinski definition) is 1. The summed E-state index contributed by atoms with van der Waals surface area (Å²) in [6.45, 7) is 0.780. The molecule has 23 heavy (non-hydrogen) atoms. The highest BCUT2D eigenvalue weighted by molar-refractivity contribution is 5.96. The molecule has 1 aromatic carbocycles. The molecule has 1 saturated heterocycles. The SMILES string of the molecule is O=C(Nc1cccc(N2CCCCC2=O)c1)[C@H]1C[C@H]2CC[C@H]1C2. The molecule has 0 radical (unpaired) electrons. The van der Waals surface area contributed by atoms with Crippen molar-refractivity contribution in [3.63, 3.8) is 0 Å². The van der Waals surface area contributed by atoms with Crippen molar-refractivity contribution in [3.8, 4) is 0 Å². The second-order valence-corrected chi connectivity index (χ2v) is 7.32. The summed E-state index contributed by atoms with van der Waals surface area (Å²) in [5, 5.41) is 3.09. The number of carbonyl (C=O) groups is 2. The van der Waals surface area contributed by atoms with E-state index in [0.29, 0.717) is 12.3 Å². The first-order chi connectivity index (χ1) is 11.2. The van der Waals surface area contributed by atoms with Crippen LogP contribution in [0.2, 0.25) is 0 Å². The van der Waals surface area contributed by atoms with Crippen LogP contribution in [-0.4, -0.2) is 18.4 Å². The zero-order chi connectivity index (χ0) is 15.8. The first-order valence-electron chi connectivity index (χ1n) is 8.92. The number of benzene rings is 1. The van der Waals surface area contributed by atoms with Crippen LogP contribution >= 0.6 is 0 Å². The average Bonchev–Trinajstić information content (AvgIpc) is 3.18. The molecule has 1 aromatic rings. The van der Waals surface area contributed by atoms with Crippen molar-refractivity contribution < 1.29 is 9.59 Å². The number of rotatable bonds is 3. The van der Waals surface area contributed by atoms with Crippen LogP contribution in [0.25, 0.3) is 0 Å². The van der Waals surface area contributed by atoms with E-state index in [0.717, 1.165) is 43.1 Å². The fourth-order valence-corrected chi connectivity index (χ4v) is 4.63. The van der Waals surface area contributed by atoms with Crippen LogP contribution in [0.4, 0.5) is 11.4 Å². The lowest BCUT2D eigenvalue weighted by Crippen LogP contribution is -2.35. The third-order valence-electron chi connectivity index (χ3n) is 5.82. The van der Waals surface area contributed by atoms with Crippen LogP contribution in [-0.2, 0) is 9.59 Å². The molecule has 1 aliphatic heterocycles. The topological polar surface area (TPSA) is 49.4 Å². The van der Waals surface area contributed by atoms with E-state index in [9.17, 15) is 9.59 Å². The number of carbonyl (C=O) groups excluding carboxylic acids is 2. The molecule has 4 heteroatoms. The second-order valence-electron chi connectivity index (χ2n) is 7.32. The normalized spacial score (nSPS) is 29.8. The van der Waals surface area contributed by atoms with Crippen molar-refractivity contribution in [1.82, 2.24) is 0 Å². The number of piperidine rings is 1. The van der Waals surface area contributed by atoms with E-state index < -0.39 is 0 Å². The predicted octanol–water partition coefficient (Wildman–Crippen LogP) is 3.58. The van der Waals surface area contributed by atoms with Crippen LogP contribution in [0.15, 0.2) is 24.3 Å². The number of nitrogens with one attached hydrogen (secondary N) is 1. The Kier molecular flexibility index (Phi) is 3.83. The maximum atomic E-state index is 12.6. The van der Waals surface area contributed by atoms with Gasteiger partial charge >= 0.3 is 0 Å². The maximum Gasteiger partial charge on any atom is 0.227 e. The zero-order valence-corrected chi connectivity index (χ0v) is 13.5. The fraction of sp³-hybridized carbons (Fsp3) is 0.579. The summed E-state index contributed by atoms with van der Waals surface area (Å²) >= 11 is 0. The van der Waals surface area contributed by atoms with Gasteiger partial charge in [0.15, 0.2) is 0 Å². The molecule has 122 valence electrons. The van der Waals surface area contributed by atoms with E-state index in [1.165, 1.54) is 19.3 Å². The minimum atomic E-state index is 0.166. The molecule has 2 amide bonds. The molecule has 2 saturated carbocycles. The molecular weight excluding hydrogens is 288 g/mol. The summed E-state index contributed by atoms with van der Waals surface area (Å²) in [4.78, 5) is 26.5. The number of anilines is 2. The smallest absolute Gasteiger partial charge is 0.227 e. The van der Waals surface area contributed by atoms with E-state index in [4.69, 9.17) is 0 Å². The van der Waals surface area contributed by atoms with Crippen molar-refractivity contribution in [1.29, 1.82) is 0 Å². The number of amides is 2. The highest BCUT2D eigenvalue weighted by Gasteiger charge is 2.43. The van der Waals surface area contributed by atoms with Crippen LogP contribution < -0.4 is 10.2 Å². The molecule has 0 spiro atoms. The lowest BCUT2D eigenvalue weighted by atomic mass is 9.88. The minimum Gasteiger partial charge on any atom is -0.326 e. The molecule has 3 atom stereocenters. The van der Waals surface area contributed by atoms with E-state index in [-0.39, 0.29) is 17.7 Å². The van der Waals surface area contributed by atoms with Gasteiger partial charge in [0.1, 0.15) is 0 Å². The molecule has 4 rings (SSSR count). The highest BCUT2D eigenvalue weighted by atomic mass is 16.2. The molecule has 1 N–H and O–H groups in total. The van der Waals surface area contributed by atoms with Gasteiger partial charge in [-0.15, -0.1) is 0 Å². The molecule has 4 nitrogen and oxygen atoms in total. The van der Waals surface area contributed by atoms with Crippen molar-refractivity contribution >= 4 is 23.2 Å². The quantitative estimate of drug-likeness (QED) is 0.927. The summed E-state index contributed by atoms with van der Waals surface area (Å²) < 4.78 is 0. The third-order valence-corrected chi connectivity index (χ3v) is 5.82. The summed E-state index contributed by atoms with van der Waals surface area (Å²) in [7, 11) is 0. The number of nitrogens with zero attached hydrogens (tertiary/aromatic N) is 1. The number of fused-ring (bicyclic) bond motifs is 2. The van der Waals surface area contributed by atoms with Gasteiger partial charge in [0.2, 0.25) is 11.8 Å². The van der Waals surface area contributed by atoms with Crippen LogP contribution in [0.3, 0.4) is 0 Å². The first-order valence-corrected chi connectivity index (χ1v) is 8.92. The predicted molar refractivity (Wildman–Crippen MR) is 90.2 cm³/mol.